The molecule has 0 saturated carbocycles. The molecular weight excluding hydrogens is 420 g/mol. The Morgan fingerprint density at radius 3 is 2.82 bits per heavy atom. The first-order valence-corrected chi connectivity index (χ1v) is 11.5. The van der Waals surface area contributed by atoms with Crippen LogP contribution < -0.4 is 10.1 Å². The number of benzene rings is 1. The van der Waals surface area contributed by atoms with Gasteiger partial charge in [-0.15, -0.1) is 11.3 Å². The number of carbonyl (C=O) groups is 1. The highest BCUT2D eigenvalue weighted by Crippen LogP contribution is 2.35. The second kappa shape index (κ2) is 8.41. The number of ether oxygens (including phenoxy) is 1. The van der Waals surface area contributed by atoms with Crippen molar-refractivity contribution < 1.29 is 17.9 Å². The number of nitrogens with zero attached hydrogens (tertiary/aromatic N) is 1. The van der Waals surface area contributed by atoms with Crippen LogP contribution in [-0.2, 0) is 21.4 Å². The number of rotatable bonds is 6. The summed E-state index contributed by atoms with van der Waals surface area (Å²) in [5.74, 6) is 0.571. The molecule has 1 aliphatic rings. The number of sulfonamides is 1. The molecule has 1 aromatic carbocycles. The number of hydrogen-bond donors (Lipinski definition) is 1. The van der Waals surface area contributed by atoms with Gasteiger partial charge < -0.3 is 10.1 Å². The molecule has 1 atom stereocenters. The Balaban J connectivity index is 1.69. The standard InChI is InChI=1S/C19H23ClN2O4S2/c1-19(18(23)21-12-14-5-3-6-15(11-14)26-2)9-4-10-22(13-19)28(24,25)17-8-7-16(20)27-17/h3,5-8,11H,4,9-10,12-13H2,1-2H3,(H,21,23)/t19-/m1/s1. The number of amides is 1. The molecule has 152 valence electrons. The van der Waals surface area contributed by atoms with Crippen molar-refractivity contribution in [3.8, 4) is 5.75 Å². The Morgan fingerprint density at radius 1 is 1.36 bits per heavy atom. The average Bonchev–Trinajstić information content (AvgIpc) is 3.13. The van der Waals surface area contributed by atoms with E-state index in [9.17, 15) is 13.2 Å². The van der Waals surface area contributed by atoms with Gasteiger partial charge in [0, 0.05) is 19.6 Å². The fourth-order valence-electron chi connectivity index (χ4n) is 3.33. The number of thiophene rings is 1. The molecule has 28 heavy (non-hydrogen) atoms. The van der Waals surface area contributed by atoms with Gasteiger partial charge in [-0.1, -0.05) is 23.7 Å². The Morgan fingerprint density at radius 2 is 2.14 bits per heavy atom. The van der Waals surface area contributed by atoms with E-state index in [1.165, 1.54) is 10.4 Å². The van der Waals surface area contributed by atoms with Gasteiger partial charge in [-0.05, 0) is 49.6 Å². The predicted octanol–water partition coefficient (Wildman–Crippen LogP) is 3.52. The van der Waals surface area contributed by atoms with Crippen molar-refractivity contribution in [2.24, 2.45) is 5.41 Å². The van der Waals surface area contributed by atoms with Gasteiger partial charge in [0.25, 0.3) is 10.0 Å². The highest BCUT2D eigenvalue weighted by molar-refractivity contribution is 7.91. The van der Waals surface area contributed by atoms with Crippen molar-refractivity contribution >= 4 is 38.9 Å². The number of hydrogen-bond acceptors (Lipinski definition) is 5. The summed E-state index contributed by atoms with van der Waals surface area (Å²) >= 11 is 6.93. The lowest BCUT2D eigenvalue weighted by atomic mass is 9.82. The van der Waals surface area contributed by atoms with Crippen molar-refractivity contribution in [2.75, 3.05) is 20.2 Å². The summed E-state index contributed by atoms with van der Waals surface area (Å²) in [6, 6.07) is 10.6. The van der Waals surface area contributed by atoms with Crippen LogP contribution in [0.1, 0.15) is 25.3 Å². The second-order valence-electron chi connectivity index (χ2n) is 7.10. The van der Waals surface area contributed by atoms with E-state index in [0.717, 1.165) is 22.6 Å². The molecule has 9 heteroatoms. The minimum Gasteiger partial charge on any atom is -0.497 e. The third-order valence-electron chi connectivity index (χ3n) is 4.94. The van der Waals surface area contributed by atoms with E-state index in [0.29, 0.717) is 30.3 Å². The van der Waals surface area contributed by atoms with Crippen molar-refractivity contribution in [3.63, 3.8) is 0 Å². The monoisotopic (exact) mass is 442 g/mol. The Kier molecular flexibility index (Phi) is 6.34. The lowest BCUT2D eigenvalue weighted by Crippen LogP contribution is -2.51. The maximum atomic E-state index is 12.9. The van der Waals surface area contributed by atoms with E-state index in [1.807, 2.05) is 31.2 Å². The maximum Gasteiger partial charge on any atom is 0.252 e. The van der Waals surface area contributed by atoms with E-state index in [4.69, 9.17) is 16.3 Å². The fraction of sp³-hybridized carbons (Fsp3) is 0.421. The number of halogens is 1. The minimum absolute atomic E-state index is 0.148. The molecule has 0 radical (unpaired) electrons. The predicted molar refractivity (Wildman–Crippen MR) is 110 cm³/mol. The summed E-state index contributed by atoms with van der Waals surface area (Å²) in [5, 5.41) is 2.94. The normalized spacial score (nSPS) is 20.7. The molecule has 3 rings (SSSR count). The van der Waals surface area contributed by atoms with Crippen LogP contribution in [0.4, 0.5) is 0 Å². The van der Waals surface area contributed by atoms with Crippen LogP contribution in [0, 0.1) is 5.41 Å². The number of methoxy groups -OCH3 is 1. The van der Waals surface area contributed by atoms with Crippen molar-refractivity contribution in [1.82, 2.24) is 9.62 Å². The van der Waals surface area contributed by atoms with Crippen LogP contribution in [0.3, 0.4) is 0 Å². The summed E-state index contributed by atoms with van der Waals surface area (Å²) in [6.07, 6.45) is 1.26. The van der Waals surface area contributed by atoms with Crippen LogP contribution in [0.15, 0.2) is 40.6 Å². The first kappa shape index (κ1) is 21.1. The second-order valence-corrected chi connectivity index (χ2v) is 11.0. The van der Waals surface area contributed by atoms with Crippen molar-refractivity contribution in [1.29, 1.82) is 0 Å². The van der Waals surface area contributed by atoms with Gasteiger partial charge in [-0.3, -0.25) is 4.79 Å². The van der Waals surface area contributed by atoms with Crippen LogP contribution in [0.25, 0.3) is 0 Å². The number of piperidine rings is 1. The van der Waals surface area contributed by atoms with Crippen molar-refractivity contribution in [2.45, 2.75) is 30.5 Å². The molecule has 2 aromatic rings. The van der Waals surface area contributed by atoms with Gasteiger partial charge in [-0.25, -0.2) is 8.42 Å². The molecular formula is C19H23ClN2O4S2. The van der Waals surface area contributed by atoms with Gasteiger partial charge in [0.1, 0.15) is 9.96 Å². The molecule has 0 bridgehead atoms. The Bertz CT molecular complexity index is 960. The maximum absolute atomic E-state index is 12.9. The zero-order valence-corrected chi connectivity index (χ0v) is 18.2. The lowest BCUT2D eigenvalue weighted by Gasteiger charge is -2.38. The zero-order valence-electron chi connectivity index (χ0n) is 15.8. The first-order chi connectivity index (χ1) is 13.2. The summed E-state index contributed by atoms with van der Waals surface area (Å²) in [7, 11) is -2.06. The SMILES string of the molecule is COc1cccc(CNC(=O)[C@]2(C)CCCN(S(=O)(=O)c3ccc(Cl)s3)C2)c1. The smallest absolute Gasteiger partial charge is 0.252 e. The van der Waals surface area contributed by atoms with Crippen LogP contribution in [0.5, 0.6) is 5.75 Å². The molecule has 1 N–H and O–H groups in total. The van der Waals surface area contributed by atoms with E-state index in [-0.39, 0.29) is 16.7 Å². The summed E-state index contributed by atoms with van der Waals surface area (Å²) in [6.45, 7) is 2.72. The van der Waals surface area contributed by atoms with Crippen LogP contribution in [0.2, 0.25) is 4.34 Å². The van der Waals surface area contributed by atoms with Crippen LogP contribution >= 0.6 is 22.9 Å². The molecule has 0 aliphatic carbocycles. The van der Waals surface area contributed by atoms with Crippen molar-refractivity contribution in [3.05, 3.63) is 46.3 Å². The molecule has 1 fully saturated rings. The molecule has 1 saturated heterocycles. The van der Waals surface area contributed by atoms with Gasteiger partial charge in [0.2, 0.25) is 5.91 Å². The fourth-order valence-corrected chi connectivity index (χ4v) is 6.56. The lowest BCUT2D eigenvalue weighted by molar-refractivity contribution is -0.132. The first-order valence-electron chi connectivity index (χ1n) is 8.91. The number of carbonyl (C=O) groups excluding carboxylic acids is 1. The van der Waals surface area contributed by atoms with Gasteiger partial charge in [-0.2, -0.15) is 4.31 Å². The largest absolute Gasteiger partial charge is 0.497 e. The van der Waals surface area contributed by atoms with Gasteiger partial charge in [0.05, 0.1) is 16.9 Å². The quantitative estimate of drug-likeness (QED) is 0.742. The molecule has 0 spiro atoms. The van der Waals surface area contributed by atoms with E-state index in [1.54, 1.807) is 13.2 Å². The number of nitrogens with one attached hydrogen (secondary N) is 1. The van der Waals surface area contributed by atoms with Crippen LogP contribution in [-0.4, -0.2) is 38.8 Å². The van der Waals surface area contributed by atoms with Gasteiger partial charge >= 0.3 is 0 Å². The van der Waals surface area contributed by atoms with Gasteiger partial charge in [0.15, 0.2) is 0 Å². The molecule has 0 unspecified atom stereocenters. The highest BCUT2D eigenvalue weighted by atomic mass is 35.5. The Hall–Kier alpha value is -1.61. The summed E-state index contributed by atoms with van der Waals surface area (Å²) < 4.78 is 33.0. The molecule has 1 amide bonds. The third kappa shape index (κ3) is 4.51. The summed E-state index contributed by atoms with van der Waals surface area (Å²) in [5.41, 5.74) is 0.135. The molecule has 1 aromatic heterocycles. The van der Waals surface area contributed by atoms with E-state index < -0.39 is 15.4 Å². The molecule has 6 nitrogen and oxygen atoms in total. The molecule has 1 aliphatic heterocycles. The topological polar surface area (TPSA) is 75.7 Å². The molecule has 2 heterocycles. The zero-order chi connectivity index (χ0) is 20.4. The third-order valence-corrected chi connectivity index (χ3v) is 8.48. The average molecular weight is 443 g/mol. The van der Waals surface area contributed by atoms with E-state index in [2.05, 4.69) is 5.32 Å². The minimum atomic E-state index is -3.65. The highest BCUT2D eigenvalue weighted by Gasteiger charge is 2.42. The Labute approximate surface area is 174 Å². The summed E-state index contributed by atoms with van der Waals surface area (Å²) in [4.78, 5) is 12.9. The van der Waals surface area contributed by atoms with E-state index >= 15 is 0 Å².